The highest BCUT2D eigenvalue weighted by Crippen LogP contribution is 2.19. The molecule has 1 rings (SSSR count). The van der Waals surface area contributed by atoms with Gasteiger partial charge in [-0.2, -0.15) is 0 Å². The van der Waals surface area contributed by atoms with Crippen molar-refractivity contribution in [3.05, 3.63) is 11.6 Å². The molecule has 0 saturated heterocycles. The van der Waals surface area contributed by atoms with Gasteiger partial charge in [0, 0.05) is 18.2 Å². The first-order valence-electron chi connectivity index (χ1n) is 3.03. The second-order valence-corrected chi connectivity index (χ2v) is 3.62. The molecular formula is C6H9NOS2. The fourth-order valence-corrected chi connectivity index (χ4v) is 1.89. The summed E-state index contributed by atoms with van der Waals surface area (Å²) in [6.45, 7) is 2.76. The molecule has 0 saturated carbocycles. The van der Waals surface area contributed by atoms with Gasteiger partial charge in [0.05, 0.1) is 5.94 Å². The summed E-state index contributed by atoms with van der Waals surface area (Å²) >= 11 is 3.28. The van der Waals surface area contributed by atoms with E-state index in [-0.39, 0.29) is 0 Å². The fraction of sp³-hybridized carbons (Fsp3) is 0.500. The molecule has 0 unspecified atom stereocenters. The van der Waals surface area contributed by atoms with Gasteiger partial charge in [0.15, 0.2) is 4.34 Å². The highest BCUT2D eigenvalue weighted by molar-refractivity contribution is 8.00. The standard InChI is InChI=1S/C6H9NOS2/c1-2-8-5-10-6-7-3-4-9-6/h3-4H,2,5H2,1H3. The second-order valence-electron chi connectivity index (χ2n) is 1.55. The predicted octanol–water partition coefficient (Wildman–Crippen LogP) is 2.23. The van der Waals surface area contributed by atoms with Crippen LogP contribution in [0.5, 0.6) is 0 Å². The molecule has 0 amide bonds. The van der Waals surface area contributed by atoms with E-state index in [0.29, 0.717) is 5.94 Å². The van der Waals surface area contributed by atoms with Gasteiger partial charge in [0.1, 0.15) is 0 Å². The van der Waals surface area contributed by atoms with Gasteiger partial charge in [0.25, 0.3) is 0 Å². The Bertz CT molecular complexity index is 164. The first-order chi connectivity index (χ1) is 4.93. The molecule has 2 nitrogen and oxygen atoms in total. The van der Waals surface area contributed by atoms with Crippen LogP contribution in [0.3, 0.4) is 0 Å². The summed E-state index contributed by atoms with van der Waals surface area (Å²) in [7, 11) is 0. The second kappa shape index (κ2) is 4.71. The lowest BCUT2D eigenvalue weighted by Gasteiger charge is -1.95. The monoisotopic (exact) mass is 175 g/mol. The number of nitrogens with zero attached hydrogens (tertiary/aromatic N) is 1. The van der Waals surface area contributed by atoms with Crippen molar-refractivity contribution < 1.29 is 4.74 Å². The molecule has 0 aliphatic rings. The summed E-state index contributed by atoms with van der Waals surface area (Å²) in [5.41, 5.74) is 0. The topological polar surface area (TPSA) is 22.1 Å². The van der Waals surface area contributed by atoms with E-state index in [0.717, 1.165) is 10.9 Å². The molecule has 1 heterocycles. The third kappa shape index (κ3) is 2.68. The molecule has 0 N–H and O–H groups in total. The zero-order chi connectivity index (χ0) is 7.23. The number of thioether (sulfide) groups is 1. The molecule has 4 heteroatoms. The lowest BCUT2D eigenvalue weighted by molar-refractivity contribution is 0.199. The minimum absolute atomic E-state index is 0.712. The van der Waals surface area contributed by atoms with Gasteiger partial charge in [-0.25, -0.2) is 4.98 Å². The Morgan fingerprint density at radius 3 is 3.30 bits per heavy atom. The number of hydrogen-bond donors (Lipinski definition) is 0. The number of ether oxygens (including phenoxy) is 1. The molecule has 0 spiro atoms. The molecule has 0 atom stereocenters. The van der Waals surface area contributed by atoms with Gasteiger partial charge in [-0.15, -0.1) is 11.3 Å². The van der Waals surface area contributed by atoms with Crippen molar-refractivity contribution in [2.45, 2.75) is 11.3 Å². The molecule has 10 heavy (non-hydrogen) atoms. The summed E-state index contributed by atoms with van der Waals surface area (Å²) in [5.74, 6) is 0.712. The van der Waals surface area contributed by atoms with Crippen LogP contribution in [0.25, 0.3) is 0 Å². The van der Waals surface area contributed by atoms with Crippen LogP contribution in [-0.2, 0) is 4.74 Å². The van der Waals surface area contributed by atoms with Gasteiger partial charge < -0.3 is 4.74 Å². The molecule has 0 radical (unpaired) electrons. The van der Waals surface area contributed by atoms with Gasteiger partial charge in [0.2, 0.25) is 0 Å². The van der Waals surface area contributed by atoms with Crippen molar-refractivity contribution in [3.8, 4) is 0 Å². The molecule has 1 aromatic heterocycles. The van der Waals surface area contributed by atoms with E-state index < -0.39 is 0 Å². The van der Waals surface area contributed by atoms with Crippen LogP contribution in [-0.4, -0.2) is 17.5 Å². The fourth-order valence-electron chi connectivity index (χ4n) is 0.457. The average molecular weight is 175 g/mol. The largest absolute Gasteiger partial charge is 0.371 e. The van der Waals surface area contributed by atoms with Gasteiger partial charge in [-0.05, 0) is 6.92 Å². The molecule has 0 aromatic carbocycles. The van der Waals surface area contributed by atoms with Crippen LogP contribution in [0.2, 0.25) is 0 Å². The smallest absolute Gasteiger partial charge is 0.152 e. The van der Waals surface area contributed by atoms with Crippen LogP contribution in [0.15, 0.2) is 15.9 Å². The van der Waals surface area contributed by atoms with Crippen molar-refractivity contribution in [1.82, 2.24) is 4.98 Å². The van der Waals surface area contributed by atoms with Crippen molar-refractivity contribution >= 4 is 23.1 Å². The number of aromatic nitrogens is 1. The SMILES string of the molecule is CCOCSc1nccs1. The van der Waals surface area contributed by atoms with Crippen molar-refractivity contribution in [2.24, 2.45) is 0 Å². The molecule has 0 aliphatic carbocycles. The Hall–Kier alpha value is -0.0600. The van der Waals surface area contributed by atoms with Gasteiger partial charge >= 0.3 is 0 Å². The summed E-state index contributed by atoms with van der Waals surface area (Å²) in [5, 5.41) is 1.97. The summed E-state index contributed by atoms with van der Waals surface area (Å²) < 4.78 is 6.21. The third-order valence-electron chi connectivity index (χ3n) is 0.880. The molecule has 0 fully saturated rings. The molecule has 0 aliphatic heterocycles. The van der Waals surface area contributed by atoms with E-state index in [4.69, 9.17) is 4.74 Å². The predicted molar refractivity (Wildman–Crippen MR) is 44.5 cm³/mol. The minimum Gasteiger partial charge on any atom is -0.371 e. The first-order valence-corrected chi connectivity index (χ1v) is 4.90. The number of thiazole rings is 1. The lowest BCUT2D eigenvalue weighted by Crippen LogP contribution is -1.86. The summed E-state index contributed by atoms with van der Waals surface area (Å²) in [4.78, 5) is 4.09. The Balaban J connectivity index is 2.15. The molecule has 56 valence electrons. The number of hydrogen-bond acceptors (Lipinski definition) is 4. The van der Waals surface area contributed by atoms with Crippen LogP contribution in [0, 0.1) is 0 Å². The molecule has 0 bridgehead atoms. The summed E-state index contributed by atoms with van der Waals surface area (Å²) in [6.07, 6.45) is 1.80. The Kier molecular flexibility index (Phi) is 3.79. The first kappa shape index (κ1) is 8.04. The highest BCUT2D eigenvalue weighted by Gasteiger charge is 1.93. The van der Waals surface area contributed by atoms with Crippen molar-refractivity contribution in [3.63, 3.8) is 0 Å². The van der Waals surface area contributed by atoms with Crippen LogP contribution < -0.4 is 0 Å². The normalized spacial score (nSPS) is 10.1. The maximum atomic E-state index is 5.14. The van der Waals surface area contributed by atoms with E-state index in [2.05, 4.69) is 4.98 Å². The van der Waals surface area contributed by atoms with Crippen LogP contribution in [0.4, 0.5) is 0 Å². The third-order valence-corrected chi connectivity index (χ3v) is 2.72. The van der Waals surface area contributed by atoms with E-state index in [9.17, 15) is 0 Å². The van der Waals surface area contributed by atoms with E-state index in [1.54, 1.807) is 29.3 Å². The lowest BCUT2D eigenvalue weighted by atomic mass is 10.9. The highest BCUT2D eigenvalue weighted by atomic mass is 32.2. The Morgan fingerprint density at radius 2 is 2.70 bits per heavy atom. The molecule has 1 aromatic rings. The Labute approximate surface area is 68.6 Å². The summed E-state index contributed by atoms with van der Waals surface area (Å²) in [6, 6.07) is 0. The maximum absolute atomic E-state index is 5.14. The van der Waals surface area contributed by atoms with Crippen LogP contribution >= 0.6 is 23.1 Å². The molecular weight excluding hydrogens is 166 g/mol. The Morgan fingerprint density at radius 1 is 1.80 bits per heavy atom. The van der Waals surface area contributed by atoms with Crippen molar-refractivity contribution in [1.29, 1.82) is 0 Å². The van der Waals surface area contributed by atoms with E-state index >= 15 is 0 Å². The van der Waals surface area contributed by atoms with E-state index in [1.807, 2.05) is 12.3 Å². The zero-order valence-corrected chi connectivity index (χ0v) is 7.37. The zero-order valence-electron chi connectivity index (χ0n) is 5.74. The van der Waals surface area contributed by atoms with Gasteiger partial charge in [-0.1, -0.05) is 11.8 Å². The average Bonchev–Trinajstić information content (AvgIpc) is 2.41. The van der Waals surface area contributed by atoms with E-state index in [1.165, 1.54) is 0 Å². The number of rotatable bonds is 4. The maximum Gasteiger partial charge on any atom is 0.152 e. The quantitative estimate of drug-likeness (QED) is 0.398. The minimum atomic E-state index is 0.712. The van der Waals surface area contributed by atoms with Crippen molar-refractivity contribution in [2.75, 3.05) is 12.5 Å². The van der Waals surface area contributed by atoms with Crippen LogP contribution in [0.1, 0.15) is 6.92 Å². The van der Waals surface area contributed by atoms with Gasteiger partial charge in [-0.3, -0.25) is 0 Å².